The molecule has 186 valence electrons. The van der Waals surface area contributed by atoms with Crippen LogP contribution in [0.2, 0.25) is 0 Å². The van der Waals surface area contributed by atoms with Crippen molar-refractivity contribution in [2.24, 2.45) is 0 Å². The van der Waals surface area contributed by atoms with Crippen LogP contribution in [-0.2, 0) is 6.18 Å². The van der Waals surface area contributed by atoms with E-state index < -0.39 is 22.3 Å². The summed E-state index contributed by atoms with van der Waals surface area (Å²) in [4.78, 5) is 21.1. The predicted molar refractivity (Wildman–Crippen MR) is 119 cm³/mol. The highest BCUT2D eigenvalue weighted by molar-refractivity contribution is 8.24. The van der Waals surface area contributed by atoms with Crippen LogP contribution < -0.4 is 0 Å². The largest absolute Gasteiger partial charge is 0.416 e. The van der Waals surface area contributed by atoms with Crippen molar-refractivity contribution in [2.75, 3.05) is 37.7 Å². The molecule has 2 saturated heterocycles. The standard InChI is InChI=1S/C22H27F3N4O4S/c23-22(24,25)18-5-3-14(4-6-18)16-11-17(20-26-19(27-33-20)15-1-2-15)13-29(12-16)21(30)28-7-9-34(31,32)10-8-28/h3-6,15-17,31-32H,1-2,7-13H2. The van der Waals surface area contributed by atoms with Gasteiger partial charge in [0.05, 0.1) is 23.0 Å². The summed E-state index contributed by atoms with van der Waals surface area (Å²) in [5.41, 5.74) is 0.0000733. The third-order valence-corrected chi connectivity index (χ3v) is 8.50. The maximum atomic E-state index is 13.3. The third-order valence-electron chi connectivity index (χ3n) is 6.83. The lowest BCUT2D eigenvalue weighted by Crippen LogP contribution is -2.52. The van der Waals surface area contributed by atoms with Crippen molar-refractivity contribution in [1.29, 1.82) is 0 Å². The Kier molecular flexibility index (Phi) is 6.01. The van der Waals surface area contributed by atoms with Gasteiger partial charge in [0, 0.05) is 38.0 Å². The van der Waals surface area contributed by atoms with E-state index in [9.17, 15) is 27.1 Å². The van der Waals surface area contributed by atoms with Crippen LogP contribution in [0.1, 0.15) is 59.9 Å². The summed E-state index contributed by atoms with van der Waals surface area (Å²) in [7, 11) is -2.64. The molecule has 2 atom stereocenters. The number of alkyl halides is 3. The van der Waals surface area contributed by atoms with Gasteiger partial charge in [-0.05, 0) is 37.0 Å². The number of carbonyl (C=O) groups is 1. The number of amides is 2. The van der Waals surface area contributed by atoms with Crippen LogP contribution in [0.25, 0.3) is 0 Å². The van der Waals surface area contributed by atoms with Gasteiger partial charge in [0.1, 0.15) is 0 Å². The molecular weight excluding hydrogens is 473 g/mol. The number of carbonyl (C=O) groups excluding carboxylic acids is 1. The molecule has 12 heteroatoms. The van der Waals surface area contributed by atoms with Crippen molar-refractivity contribution in [3.63, 3.8) is 0 Å². The molecule has 0 bridgehead atoms. The molecule has 0 spiro atoms. The van der Waals surface area contributed by atoms with E-state index in [0.717, 1.165) is 25.0 Å². The normalized spacial score (nSPS) is 26.4. The summed E-state index contributed by atoms with van der Waals surface area (Å²) < 4.78 is 64.4. The van der Waals surface area contributed by atoms with E-state index in [1.165, 1.54) is 12.1 Å². The Morgan fingerprint density at radius 3 is 2.26 bits per heavy atom. The third kappa shape index (κ3) is 5.03. The summed E-state index contributed by atoms with van der Waals surface area (Å²) in [5.74, 6) is 1.29. The molecule has 3 aliphatic rings. The molecule has 3 fully saturated rings. The minimum Gasteiger partial charge on any atom is -0.339 e. The van der Waals surface area contributed by atoms with Crippen LogP contribution in [0.4, 0.5) is 18.0 Å². The second-order valence-electron chi connectivity index (χ2n) is 9.40. The number of aromatic nitrogens is 2. The van der Waals surface area contributed by atoms with E-state index in [4.69, 9.17) is 4.52 Å². The molecule has 2 unspecified atom stereocenters. The Bertz CT molecular complexity index is 1030. The van der Waals surface area contributed by atoms with Gasteiger partial charge in [0.25, 0.3) is 0 Å². The molecule has 5 rings (SSSR count). The lowest BCUT2D eigenvalue weighted by atomic mass is 9.84. The maximum Gasteiger partial charge on any atom is 0.416 e. The van der Waals surface area contributed by atoms with Gasteiger partial charge in [-0.25, -0.2) is 4.79 Å². The fourth-order valence-electron chi connectivity index (χ4n) is 4.66. The maximum absolute atomic E-state index is 13.3. The second-order valence-corrected chi connectivity index (χ2v) is 11.8. The van der Waals surface area contributed by atoms with E-state index in [2.05, 4.69) is 10.1 Å². The number of piperidine rings is 1. The molecule has 0 radical (unpaired) electrons. The Labute approximate surface area is 196 Å². The Balaban J connectivity index is 1.37. The van der Waals surface area contributed by atoms with Crippen molar-refractivity contribution in [1.82, 2.24) is 19.9 Å². The number of likely N-dealkylation sites (tertiary alicyclic amines) is 1. The average molecular weight is 501 g/mol. The highest BCUT2D eigenvalue weighted by atomic mass is 32.3. The number of benzene rings is 1. The van der Waals surface area contributed by atoms with Crippen molar-refractivity contribution >= 4 is 16.6 Å². The zero-order valence-corrected chi connectivity index (χ0v) is 19.3. The first-order valence-corrected chi connectivity index (χ1v) is 13.3. The van der Waals surface area contributed by atoms with Crippen LogP contribution in [-0.4, -0.2) is 72.8 Å². The number of rotatable bonds is 3. The highest BCUT2D eigenvalue weighted by Gasteiger charge is 2.39. The van der Waals surface area contributed by atoms with Crippen molar-refractivity contribution in [3.05, 3.63) is 47.1 Å². The predicted octanol–water partition coefficient (Wildman–Crippen LogP) is 4.73. The fourth-order valence-corrected chi connectivity index (χ4v) is 5.89. The van der Waals surface area contributed by atoms with E-state index in [1.807, 2.05) is 0 Å². The monoisotopic (exact) mass is 500 g/mol. The molecule has 8 nitrogen and oxygen atoms in total. The highest BCUT2D eigenvalue weighted by Crippen LogP contribution is 2.42. The SMILES string of the molecule is O=C(N1CCS(O)(O)CC1)N1CC(c2ccc(C(F)(F)F)cc2)CC(c2nc(C3CC3)no2)C1. The number of nitrogens with zero attached hydrogens (tertiary/aromatic N) is 4. The van der Waals surface area contributed by atoms with Crippen molar-refractivity contribution < 1.29 is 31.6 Å². The van der Waals surface area contributed by atoms with Gasteiger partial charge in [-0.2, -0.15) is 28.7 Å². The van der Waals surface area contributed by atoms with Gasteiger partial charge < -0.3 is 14.3 Å². The van der Waals surface area contributed by atoms with Crippen molar-refractivity contribution in [2.45, 2.75) is 43.2 Å². The Morgan fingerprint density at radius 1 is 1.00 bits per heavy atom. The lowest BCUT2D eigenvalue weighted by Gasteiger charge is -2.44. The van der Waals surface area contributed by atoms with Gasteiger partial charge in [0.2, 0.25) is 5.89 Å². The molecule has 1 saturated carbocycles. The number of urea groups is 1. The van der Waals surface area contributed by atoms with E-state index >= 15 is 0 Å². The molecule has 2 N–H and O–H groups in total. The summed E-state index contributed by atoms with van der Waals surface area (Å²) in [5, 5.41) is 4.09. The first-order valence-electron chi connectivity index (χ1n) is 11.4. The van der Waals surface area contributed by atoms with Gasteiger partial charge >= 0.3 is 12.2 Å². The van der Waals surface area contributed by atoms with Crippen LogP contribution >= 0.6 is 10.6 Å². The molecular formula is C22H27F3N4O4S. The van der Waals surface area contributed by atoms with Crippen LogP contribution in [0.15, 0.2) is 28.8 Å². The molecule has 1 aromatic carbocycles. The first-order chi connectivity index (χ1) is 16.1. The van der Waals surface area contributed by atoms with E-state index in [-0.39, 0.29) is 42.5 Å². The lowest BCUT2D eigenvalue weighted by molar-refractivity contribution is -0.137. The Hall–Kier alpha value is -2.31. The summed E-state index contributed by atoms with van der Waals surface area (Å²) >= 11 is 0. The first kappa shape index (κ1) is 23.4. The summed E-state index contributed by atoms with van der Waals surface area (Å²) in [6, 6.07) is 4.85. The van der Waals surface area contributed by atoms with Crippen LogP contribution in [0, 0.1) is 0 Å². The average Bonchev–Trinajstić information content (AvgIpc) is 3.54. The van der Waals surface area contributed by atoms with Crippen molar-refractivity contribution in [3.8, 4) is 0 Å². The Morgan fingerprint density at radius 2 is 1.65 bits per heavy atom. The fraction of sp³-hybridized carbons (Fsp3) is 0.591. The number of hydrogen-bond acceptors (Lipinski definition) is 6. The van der Waals surface area contributed by atoms with Crippen LogP contribution in [0.5, 0.6) is 0 Å². The van der Waals surface area contributed by atoms with Gasteiger partial charge in [-0.15, -0.1) is 0 Å². The minimum atomic E-state index is -4.41. The summed E-state index contributed by atoms with van der Waals surface area (Å²) in [6.45, 7) is 1.20. The quantitative estimate of drug-likeness (QED) is 0.632. The molecule has 1 aliphatic carbocycles. The molecule has 2 aliphatic heterocycles. The van der Waals surface area contributed by atoms with E-state index in [0.29, 0.717) is 42.7 Å². The van der Waals surface area contributed by atoms with Crippen LogP contribution in [0.3, 0.4) is 0 Å². The molecule has 2 amide bonds. The smallest absolute Gasteiger partial charge is 0.339 e. The van der Waals surface area contributed by atoms with Gasteiger partial charge in [-0.3, -0.25) is 9.11 Å². The molecule has 34 heavy (non-hydrogen) atoms. The number of halogens is 3. The van der Waals surface area contributed by atoms with E-state index in [1.54, 1.807) is 9.80 Å². The van der Waals surface area contributed by atoms with Gasteiger partial charge in [-0.1, -0.05) is 17.3 Å². The second kappa shape index (κ2) is 8.72. The topological polar surface area (TPSA) is 103 Å². The molecule has 2 aromatic rings. The van der Waals surface area contributed by atoms with Gasteiger partial charge in [0.15, 0.2) is 5.82 Å². The molecule has 3 heterocycles. The summed E-state index contributed by atoms with van der Waals surface area (Å²) in [6.07, 6.45) is -1.79. The number of hydrogen-bond donors (Lipinski definition) is 2. The zero-order valence-electron chi connectivity index (χ0n) is 18.4. The molecule has 1 aromatic heterocycles. The zero-order chi connectivity index (χ0) is 24.1. The minimum absolute atomic E-state index is 0.146.